The van der Waals surface area contributed by atoms with Crippen molar-refractivity contribution in [1.82, 2.24) is 21.1 Å². The summed E-state index contributed by atoms with van der Waals surface area (Å²) >= 11 is 0. The highest BCUT2D eigenvalue weighted by Gasteiger charge is 2.40. The molecule has 0 aliphatic carbocycles. The normalized spacial score (nSPS) is 29.6. The summed E-state index contributed by atoms with van der Waals surface area (Å²) in [5, 5.41) is 3.37. The quantitative estimate of drug-likeness (QED) is 0.698. The van der Waals surface area contributed by atoms with E-state index in [2.05, 4.69) is 45.9 Å². The molecule has 0 amide bonds. The highest BCUT2D eigenvalue weighted by molar-refractivity contribution is 5.98. The molecule has 0 bridgehead atoms. The fourth-order valence-corrected chi connectivity index (χ4v) is 4.19. The predicted molar refractivity (Wildman–Crippen MR) is 101 cm³/mol. The van der Waals surface area contributed by atoms with Crippen LogP contribution in [0.15, 0.2) is 12.1 Å². The van der Waals surface area contributed by atoms with Gasteiger partial charge in [0.1, 0.15) is 0 Å². The number of ether oxygens (including phenoxy) is 1. The zero-order chi connectivity index (χ0) is 18.3. The molecular weight excluding hydrogens is 330 g/mol. The van der Waals surface area contributed by atoms with Crippen LogP contribution in [-0.4, -0.2) is 55.6 Å². The molecule has 0 spiro atoms. The number of anilines is 1. The number of aryl methyl sites for hydroxylation is 2. The Bertz CT molecular complexity index is 681. The van der Waals surface area contributed by atoms with Gasteiger partial charge in [0, 0.05) is 26.3 Å². The average Bonchev–Trinajstić information content (AvgIpc) is 3.18. The molecule has 7 nitrogen and oxygen atoms in total. The maximum Gasteiger partial charge on any atom is 0.342 e. The van der Waals surface area contributed by atoms with Crippen molar-refractivity contribution in [2.75, 3.05) is 31.2 Å². The molecule has 1 aromatic rings. The van der Waals surface area contributed by atoms with Gasteiger partial charge in [-0.2, -0.15) is 0 Å². The number of esters is 1. The van der Waals surface area contributed by atoms with Gasteiger partial charge in [-0.3, -0.25) is 4.90 Å². The third kappa shape index (κ3) is 3.09. The van der Waals surface area contributed by atoms with Gasteiger partial charge in [-0.15, -0.1) is 0 Å². The number of likely N-dealkylation sites (N-methyl/N-ethyl adjacent to an activating group) is 1. The van der Waals surface area contributed by atoms with Gasteiger partial charge in [0.25, 0.3) is 0 Å². The van der Waals surface area contributed by atoms with Gasteiger partial charge < -0.3 is 15.0 Å². The minimum Gasteiger partial charge on any atom is -0.436 e. The van der Waals surface area contributed by atoms with Crippen LogP contribution >= 0.6 is 0 Å². The summed E-state index contributed by atoms with van der Waals surface area (Å²) in [5.74, 6) is -0.217. The number of rotatable bonds is 3. The fourth-order valence-electron chi connectivity index (χ4n) is 4.19. The van der Waals surface area contributed by atoms with E-state index in [1.807, 2.05) is 13.0 Å². The molecule has 7 heteroatoms. The Kier molecular flexibility index (Phi) is 4.88. The van der Waals surface area contributed by atoms with Crippen molar-refractivity contribution in [2.24, 2.45) is 0 Å². The number of cyclic esters (lactones) is 1. The molecule has 3 atom stereocenters. The van der Waals surface area contributed by atoms with Crippen molar-refractivity contribution in [3.8, 4) is 0 Å². The molecular formula is C19H29N5O2. The van der Waals surface area contributed by atoms with E-state index >= 15 is 0 Å². The first-order valence-corrected chi connectivity index (χ1v) is 9.63. The number of benzene rings is 1. The lowest BCUT2D eigenvalue weighted by atomic mass is 9.99. The van der Waals surface area contributed by atoms with Crippen LogP contribution in [-0.2, 0) is 4.74 Å². The van der Waals surface area contributed by atoms with Crippen LogP contribution in [0.1, 0.15) is 41.3 Å². The Morgan fingerprint density at radius 2 is 2.00 bits per heavy atom. The molecule has 2 saturated heterocycles. The second-order valence-electron chi connectivity index (χ2n) is 7.49. The standard InChI is InChI=1S/C19H29N5O2/c1-4-24-16-10-13(3)12(2)9-14(16)19(25)26-18(24)15-5-6-17(22-21-15)23-8-7-20-11-23/h9-10,15,17-18,20-22H,4-8,11H2,1-3H3. The van der Waals surface area contributed by atoms with Crippen LogP contribution in [0.2, 0.25) is 0 Å². The molecule has 0 saturated carbocycles. The zero-order valence-corrected chi connectivity index (χ0v) is 15.8. The molecule has 3 aliphatic rings. The van der Waals surface area contributed by atoms with E-state index in [1.54, 1.807) is 0 Å². The van der Waals surface area contributed by atoms with E-state index in [0.29, 0.717) is 11.7 Å². The van der Waals surface area contributed by atoms with Gasteiger partial charge in [0.15, 0.2) is 6.23 Å². The molecule has 1 aromatic carbocycles. The van der Waals surface area contributed by atoms with E-state index in [9.17, 15) is 4.79 Å². The van der Waals surface area contributed by atoms with Gasteiger partial charge in [0.2, 0.25) is 0 Å². The fraction of sp³-hybridized carbons (Fsp3) is 0.632. The predicted octanol–water partition coefficient (Wildman–Crippen LogP) is 1.07. The molecule has 142 valence electrons. The monoisotopic (exact) mass is 359 g/mol. The van der Waals surface area contributed by atoms with Crippen molar-refractivity contribution in [3.63, 3.8) is 0 Å². The third-order valence-electron chi connectivity index (χ3n) is 5.88. The number of fused-ring (bicyclic) bond motifs is 1. The summed E-state index contributed by atoms with van der Waals surface area (Å²) < 4.78 is 5.87. The highest BCUT2D eigenvalue weighted by Crippen LogP contribution is 2.33. The number of carbonyl (C=O) groups excluding carboxylic acids is 1. The Morgan fingerprint density at radius 3 is 2.65 bits per heavy atom. The third-order valence-corrected chi connectivity index (χ3v) is 5.88. The van der Waals surface area contributed by atoms with Gasteiger partial charge in [-0.05, 0) is 56.9 Å². The van der Waals surface area contributed by atoms with Crippen molar-refractivity contribution in [2.45, 2.75) is 52.0 Å². The number of hydrazine groups is 1. The maximum atomic E-state index is 12.6. The second kappa shape index (κ2) is 7.15. The average molecular weight is 359 g/mol. The lowest BCUT2D eigenvalue weighted by molar-refractivity contribution is 0.00145. The number of carbonyl (C=O) groups is 1. The molecule has 0 aromatic heterocycles. The van der Waals surface area contributed by atoms with Crippen LogP contribution in [0.5, 0.6) is 0 Å². The first kappa shape index (κ1) is 17.7. The highest BCUT2D eigenvalue weighted by atomic mass is 16.6. The van der Waals surface area contributed by atoms with E-state index in [-0.39, 0.29) is 18.2 Å². The van der Waals surface area contributed by atoms with Gasteiger partial charge in [-0.25, -0.2) is 15.6 Å². The van der Waals surface area contributed by atoms with E-state index < -0.39 is 0 Å². The summed E-state index contributed by atoms with van der Waals surface area (Å²) in [6.45, 7) is 10.1. The lowest BCUT2D eigenvalue weighted by Crippen LogP contribution is -2.64. The van der Waals surface area contributed by atoms with Crippen molar-refractivity contribution < 1.29 is 9.53 Å². The van der Waals surface area contributed by atoms with Gasteiger partial charge in [0.05, 0.1) is 23.5 Å². The summed E-state index contributed by atoms with van der Waals surface area (Å²) in [6.07, 6.45) is 2.04. The molecule has 3 aliphatic heterocycles. The summed E-state index contributed by atoms with van der Waals surface area (Å²) in [5.41, 5.74) is 10.8. The van der Waals surface area contributed by atoms with Crippen LogP contribution in [0, 0.1) is 13.8 Å². The van der Waals surface area contributed by atoms with Crippen LogP contribution in [0.4, 0.5) is 5.69 Å². The Morgan fingerprint density at radius 1 is 1.19 bits per heavy atom. The Labute approximate surface area is 155 Å². The summed E-state index contributed by atoms with van der Waals surface area (Å²) in [7, 11) is 0. The Hall–Kier alpha value is -1.67. The zero-order valence-electron chi connectivity index (χ0n) is 15.8. The number of hydrogen-bond donors (Lipinski definition) is 3. The topological polar surface area (TPSA) is 68.9 Å². The van der Waals surface area contributed by atoms with Crippen LogP contribution in [0.3, 0.4) is 0 Å². The largest absolute Gasteiger partial charge is 0.436 e. The minimum absolute atomic E-state index is 0.0699. The first-order chi connectivity index (χ1) is 12.6. The van der Waals surface area contributed by atoms with Crippen LogP contribution in [0.25, 0.3) is 0 Å². The van der Waals surface area contributed by atoms with E-state index in [4.69, 9.17) is 4.74 Å². The van der Waals surface area contributed by atoms with Crippen molar-refractivity contribution in [3.05, 3.63) is 28.8 Å². The molecule has 3 heterocycles. The number of nitrogens with one attached hydrogen (secondary N) is 3. The van der Waals surface area contributed by atoms with Gasteiger partial charge in [-0.1, -0.05) is 0 Å². The van der Waals surface area contributed by atoms with Crippen LogP contribution < -0.4 is 21.1 Å². The Balaban J connectivity index is 1.52. The smallest absolute Gasteiger partial charge is 0.342 e. The number of nitrogens with zero attached hydrogens (tertiary/aromatic N) is 2. The van der Waals surface area contributed by atoms with E-state index in [1.165, 1.54) is 5.56 Å². The maximum absolute atomic E-state index is 12.6. The van der Waals surface area contributed by atoms with Crippen molar-refractivity contribution >= 4 is 11.7 Å². The summed E-state index contributed by atoms with van der Waals surface area (Å²) in [6, 6.07) is 4.14. The first-order valence-electron chi connectivity index (χ1n) is 9.63. The van der Waals surface area contributed by atoms with Crippen molar-refractivity contribution in [1.29, 1.82) is 0 Å². The molecule has 3 N–H and O–H groups in total. The molecule has 0 radical (unpaired) electrons. The summed E-state index contributed by atoms with van der Waals surface area (Å²) in [4.78, 5) is 17.2. The number of hydrogen-bond acceptors (Lipinski definition) is 7. The molecule has 4 rings (SSSR count). The second-order valence-corrected chi connectivity index (χ2v) is 7.49. The van der Waals surface area contributed by atoms with E-state index in [0.717, 1.165) is 50.4 Å². The molecule has 2 fully saturated rings. The van der Waals surface area contributed by atoms with Gasteiger partial charge >= 0.3 is 5.97 Å². The minimum atomic E-state index is -0.285. The molecule has 26 heavy (non-hydrogen) atoms. The SMILES string of the molecule is CCN1c2cc(C)c(C)cc2C(=O)OC1C1CCC(N2CCNC2)NN1. The molecule has 3 unspecified atom stereocenters. The lowest BCUT2D eigenvalue weighted by Gasteiger charge is -2.44.